The molecule has 1 heterocycles. The Morgan fingerprint density at radius 1 is 0.963 bits per heavy atom. The van der Waals surface area contributed by atoms with E-state index in [1.54, 1.807) is 36.4 Å². The molecule has 0 radical (unpaired) electrons. The van der Waals surface area contributed by atoms with E-state index >= 15 is 0 Å². The molecule has 136 valence electrons. The number of aromatic nitrogens is 1. The first-order valence-corrected chi connectivity index (χ1v) is 8.03. The van der Waals surface area contributed by atoms with E-state index in [1.165, 1.54) is 31.5 Å². The van der Waals surface area contributed by atoms with Crippen molar-refractivity contribution in [2.24, 2.45) is 0 Å². The predicted octanol–water partition coefficient (Wildman–Crippen LogP) is 4.00. The second-order valence-electron chi connectivity index (χ2n) is 5.59. The maximum Gasteiger partial charge on any atom is 0.337 e. The highest BCUT2D eigenvalue weighted by atomic mass is 19.1. The molecule has 0 fully saturated rings. The van der Waals surface area contributed by atoms with Gasteiger partial charge in [-0.2, -0.15) is 0 Å². The molecule has 0 saturated heterocycles. The van der Waals surface area contributed by atoms with E-state index in [-0.39, 0.29) is 5.56 Å². The number of esters is 1. The number of benzene rings is 2. The molecule has 0 aliphatic heterocycles. The summed E-state index contributed by atoms with van der Waals surface area (Å²) in [5.41, 5.74) is 1.99. The summed E-state index contributed by atoms with van der Waals surface area (Å²) in [5.74, 6) is -1.02. The number of ether oxygens (including phenoxy) is 1. The molecule has 0 unspecified atom stereocenters. The number of nitrogens with one attached hydrogen (secondary N) is 2. The molecule has 0 aliphatic rings. The SMILES string of the molecule is COC(=O)c1cccc(Nc2ccc(NC(=O)c3cccc(F)c3)nc2)c1. The Morgan fingerprint density at radius 2 is 1.74 bits per heavy atom. The van der Waals surface area contributed by atoms with Crippen molar-refractivity contribution in [1.29, 1.82) is 0 Å². The van der Waals surface area contributed by atoms with Gasteiger partial charge in [0, 0.05) is 11.3 Å². The summed E-state index contributed by atoms with van der Waals surface area (Å²) in [5, 5.41) is 5.71. The summed E-state index contributed by atoms with van der Waals surface area (Å²) < 4.78 is 17.9. The zero-order valence-electron chi connectivity index (χ0n) is 14.4. The zero-order valence-corrected chi connectivity index (χ0v) is 14.4. The molecule has 0 bridgehead atoms. The van der Waals surface area contributed by atoms with Gasteiger partial charge in [-0.3, -0.25) is 4.79 Å². The lowest BCUT2D eigenvalue weighted by molar-refractivity contribution is 0.0600. The number of halogens is 1. The van der Waals surface area contributed by atoms with E-state index in [0.29, 0.717) is 22.8 Å². The molecule has 0 saturated carbocycles. The Balaban J connectivity index is 1.67. The van der Waals surface area contributed by atoms with Crippen LogP contribution in [0.5, 0.6) is 0 Å². The summed E-state index contributed by atoms with van der Waals surface area (Å²) in [4.78, 5) is 27.8. The molecule has 0 spiro atoms. The van der Waals surface area contributed by atoms with Crippen LogP contribution in [-0.4, -0.2) is 24.0 Å². The molecule has 27 heavy (non-hydrogen) atoms. The molecular weight excluding hydrogens is 349 g/mol. The molecule has 7 heteroatoms. The Hall–Kier alpha value is -3.74. The Bertz CT molecular complexity index is 974. The van der Waals surface area contributed by atoms with Gasteiger partial charge in [0.25, 0.3) is 5.91 Å². The quantitative estimate of drug-likeness (QED) is 0.668. The third kappa shape index (κ3) is 4.66. The third-order valence-corrected chi connectivity index (χ3v) is 3.66. The normalized spacial score (nSPS) is 10.1. The molecule has 2 N–H and O–H groups in total. The smallest absolute Gasteiger partial charge is 0.337 e. The average Bonchev–Trinajstić information content (AvgIpc) is 2.69. The van der Waals surface area contributed by atoms with Crippen molar-refractivity contribution in [3.05, 3.63) is 83.8 Å². The number of methoxy groups -OCH3 is 1. The van der Waals surface area contributed by atoms with Crippen molar-refractivity contribution in [1.82, 2.24) is 4.98 Å². The first-order valence-electron chi connectivity index (χ1n) is 8.03. The standard InChI is InChI=1S/C20H16FN3O3/c1-27-20(26)14-5-3-7-16(11-14)23-17-8-9-18(22-12-17)24-19(25)13-4-2-6-15(21)10-13/h2-12,23H,1H3,(H,22,24,25). The van der Waals surface area contributed by atoms with Gasteiger partial charge in [-0.1, -0.05) is 12.1 Å². The first kappa shape index (κ1) is 18.1. The maximum atomic E-state index is 13.2. The second-order valence-corrected chi connectivity index (χ2v) is 5.59. The number of hydrogen-bond acceptors (Lipinski definition) is 5. The molecule has 2 aromatic carbocycles. The van der Waals surface area contributed by atoms with E-state index in [0.717, 1.165) is 6.07 Å². The minimum atomic E-state index is -0.482. The van der Waals surface area contributed by atoms with Crippen molar-refractivity contribution in [2.45, 2.75) is 0 Å². The number of rotatable bonds is 5. The fraction of sp³-hybridized carbons (Fsp3) is 0.0500. The molecule has 3 rings (SSSR count). The van der Waals surface area contributed by atoms with Crippen molar-refractivity contribution < 1.29 is 18.7 Å². The van der Waals surface area contributed by atoms with Crippen LogP contribution in [0.2, 0.25) is 0 Å². The fourth-order valence-electron chi connectivity index (χ4n) is 2.37. The van der Waals surface area contributed by atoms with Crippen LogP contribution in [0, 0.1) is 5.82 Å². The molecule has 1 aromatic heterocycles. The lowest BCUT2D eigenvalue weighted by Gasteiger charge is -2.09. The Labute approximate surface area is 155 Å². The summed E-state index contributed by atoms with van der Waals surface area (Å²) in [6.45, 7) is 0. The third-order valence-electron chi connectivity index (χ3n) is 3.66. The van der Waals surface area contributed by atoms with E-state index in [9.17, 15) is 14.0 Å². The van der Waals surface area contributed by atoms with Crippen molar-refractivity contribution in [3.63, 3.8) is 0 Å². The molecule has 0 aliphatic carbocycles. The lowest BCUT2D eigenvalue weighted by atomic mass is 10.2. The van der Waals surface area contributed by atoms with E-state index < -0.39 is 17.7 Å². The van der Waals surface area contributed by atoms with Crippen LogP contribution in [0.25, 0.3) is 0 Å². The van der Waals surface area contributed by atoms with Gasteiger partial charge in [0.2, 0.25) is 0 Å². The summed E-state index contributed by atoms with van der Waals surface area (Å²) >= 11 is 0. The zero-order chi connectivity index (χ0) is 19.2. The van der Waals surface area contributed by atoms with Crippen molar-refractivity contribution in [3.8, 4) is 0 Å². The van der Waals surface area contributed by atoms with Gasteiger partial charge < -0.3 is 15.4 Å². The highest BCUT2D eigenvalue weighted by molar-refractivity contribution is 6.03. The first-order chi connectivity index (χ1) is 13.0. The minimum Gasteiger partial charge on any atom is -0.465 e. The predicted molar refractivity (Wildman–Crippen MR) is 99.7 cm³/mol. The maximum absolute atomic E-state index is 13.2. The molecular formula is C20H16FN3O3. The van der Waals surface area contributed by atoms with E-state index in [4.69, 9.17) is 4.74 Å². The number of anilines is 3. The van der Waals surface area contributed by atoms with Gasteiger partial charge in [0.15, 0.2) is 0 Å². The van der Waals surface area contributed by atoms with Crippen LogP contribution >= 0.6 is 0 Å². The number of pyridine rings is 1. The van der Waals surface area contributed by atoms with E-state index in [2.05, 4.69) is 15.6 Å². The van der Waals surface area contributed by atoms with Crippen molar-refractivity contribution in [2.75, 3.05) is 17.7 Å². The number of carbonyl (C=O) groups excluding carboxylic acids is 2. The molecule has 0 atom stereocenters. The van der Waals surface area contributed by atoms with Crippen LogP contribution < -0.4 is 10.6 Å². The van der Waals surface area contributed by atoms with Gasteiger partial charge in [-0.25, -0.2) is 14.2 Å². The van der Waals surface area contributed by atoms with Gasteiger partial charge in [-0.05, 0) is 48.5 Å². The lowest BCUT2D eigenvalue weighted by Crippen LogP contribution is -2.13. The largest absolute Gasteiger partial charge is 0.465 e. The van der Waals surface area contributed by atoms with Crippen LogP contribution in [0.4, 0.5) is 21.6 Å². The summed E-state index contributed by atoms with van der Waals surface area (Å²) in [6.07, 6.45) is 1.53. The van der Waals surface area contributed by atoms with Crippen LogP contribution in [0.3, 0.4) is 0 Å². The summed E-state index contributed by atoms with van der Waals surface area (Å²) in [7, 11) is 1.32. The Morgan fingerprint density at radius 3 is 2.44 bits per heavy atom. The Kier molecular flexibility index (Phi) is 5.41. The van der Waals surface area contributed by atoms with Gasteiger partial charge in [0.1, 0.15) is 11.6 Å². The number of amides is 1. The fourth-order valence-corrected chi connectivity index (χ4v) is 2.37. The monoisotopic (exact) mass is 365 g/mol. The molecule has 1 amide bonds. The molecule has 6 nitrogen and oxygen atoms in total. The number of hydrogen-bond donors (Lipinski definition) is 2. The van der Waals surface area contributed by atoms with Crippen LogP contribution in [0.15, 0.2) is 66.9 Å². The van der Waals surface area contributed by atoms with Gasteiger partial charge >= 0.3 is 5.97 Å². The highest BCUT2D eigenvalue weighted by Gasteiger charge is 2.08. The van der Waals surface area contributed by atoms with Gasteiger partial charge in [0.05, 0.1) is 24.6 Å². The second kappa shape index (κ2) is 8.09. The minimum absolute atomic E-state index is 0.207. The van der Waals surface area contributed by atoms with E-state index in [1.807, 2.05) is 0 Å². The topological polar surface area (TPSA) is 80.3 Å². The highest BCUT2D eigenvalue weighted by Crippen LogP contribution is 2.19. The molecule has 3 aromatic rings. The summed E-state index contributed by atoms with van der Waals surface area (Å²) in [6, 6.07) is 15.6. The van der Waals surface area contributed by atoms with Crippen molar-refractivity contribution >= 4 is 29.1 Å². The number of carbonyl (C=O) groups is 2. The van der Waals surface area contributed by atoms with Crippen LogP contribution in [0.1, 0.15) is 20.7 Å². The average molecular weight is 365 g/mol. The van der Waals surface area contributed by atoms with Crippen LogP contribution in [-0.2, 0) is 4.74 Å². The van der Waals surface area contributed by atoms with Gasteiger partial charge in [-0.15, -0.1) is 0 Å². The number of nitrogens with zero attached hydrogens (tertiary/aromatic N) is 1.